The van der Waals surface area contributed by atoms with E-state index in [1.807, 2.05) is 20.8 Å². The molecule has 1 aliphatic rings. The number of hydrogen-bond donors (Lipinski definition) is 1. The number of aliphatic imine (C=N–C) groups is 2. The number of carbonyl (C=O) groups excluding carboxylic acids is 2. The first kappa shape index (κ1) is 19.7. The molecule has 9 nitrogen and oxygen atoms in total. The van der Waals surface area contributed by atoms with E-state index in [0.717, 1.165) is 17.0 Å². The molecule has 0 radical (unpaired) electrons. The summed E-state index contributed by atoms with van der Waals surface area (Å²) in [5, 5.41) is 11.1. The van der Waals surface area contributed by atoms with E-state index in [1.54, 1.807) is 19.9 Å². The number of aromatic nitrogens is 3. The Kier molecular flexibility index (Phi) is 5.53. The van der Waals surface area contributed by atoms with Crippen molar-refractivity contribution < 1.29 is 14.1 Å². The molecule has 0 fully saturated rings. The summed E-state index contributed by atoms with van der Waals surface area (Å²) < 4.78 is 6.53. The largest absolute Gasteiger partial charge is 0.361 e. The summed E-state index contributed by atoms with van der Waals surface area (Å²) in [6.45, 7) is 9.20. The fraction of sp³-hybridized carbons (Fsp3) is 0.474. The number of rotatable bonds is 5. The topological polar surface area (TPSA) is 115 Å². The van der Waals surface area contributed by atoms with Crippen LogP contribution in [0.15, 0.2) is 20.6 Å². The molecule has 1 unspecified atom stereocenters. The molecule has 0 aliphatic carbocycles. The molecule has 0 aromatic carbocycles. The second-order valence-corrected chi connectivity index (χ2v) is 6.90. The Morgan fingerprint density at radius 2 is 2.00 bits per heavy atom. The van der Waals surface area contributed by atoms with Crippen LogP contribution in [0.1, 0.15) is 49.4 Å². The first-order valence-electron chi connectivity index (χ1n) is 9.26. The third kappa shape index (κ3) is 3.92. The van der Waals surface area contributed by atoms with Gasteiger partial charge in [0.1, 0.15) is 11.6 Å². The fourth-order valence-electron chi connectivity index (χ4n) is 3.22. The SMILES string of the molecule is CCC1C(=O)N=C(n2nc(C)cc2NC(=O)CCc2c(C)noc2C)N=C1C. The van der Waals surface area contributed by atoms with Crippen molar-refractivity contribution in [2.24, 2.45) is 15.9 Å². The second-order valence-electron chi connectivity index (χ2n) is 6.90. The molecular weight excluding hydrogens is 360 g/mol. The second kappa shape index (κ2) is 7.87. The summed E-state index contributed by atoms with van der Waals surface area (Å²) in [6, 6.07) is 1.72. The molecule has 1 atom stereocenters. The Morgan fingerprint density at radius 3 is 2.61 bits per heavy atom. The van der Waals surface area contributed by atoms with Crippen LogP contribution in [0, 0.1) is 26.7 Å². The van der Waals surface area contributed by atoms with Crippen LogP contribution in [-0.4, -0.2) is 38.4 Å². The molecule has 0 bridgehead atoms. The van der Waals surface area contributed by atoms with Gasteiger partial charge in [0.05, 0.1) is 17.3 Å². The minimum absolute atomic E-state index is 0.168. The van der Waals surface area contributed by atoms with Gasteiger partial charge >= 0.3 is 0 Å². The molecule has 0 spiro atoms. The maximum Gasteiger partial charge on any atom is 0.257 e. The molecular formula is C19H24N6O3. The van der Waals surface area contributed by atoms with Gasteiger partial charge in [0.2, 0.25) is 5.91 Å². The standard InChI is InChI=1S/C19H24N6O3/c1-6-14-11(3)20-19(22-18(14)27)25-16(9-10(2)23-25)21-17(26)8-7-15-12(4)24-28-13(15)5/h9,14H,6-8H2,1-5H3,(H,21,26). The molecule has 148 valence electrons. The van der Waals surface area contributed by atoms with E-state index in [2.05, 4.69) is 25.6 Å². The number of aryl methyl sites for hydroxylation is 3. The molecule has 3 heterocycles. The van der Waals surface area contributed by atoms with Gasteiger partial charge in [-0.15, -0.1) is 0 Å². The zero-order valence-corrected chi connectivity index (χ0v) is 16.7. The number of nitrogens with one attached hydrogen (secondary N) is 1. The first-order valence-corrected chi connectivity index (χ1v) is 9.26. The van der Waals surface area contributed by atoms with Crippen molar-refractivity contribution in [1.29, 1.82) is 0 Å². The Hall–Kier alpha value is -3.10. The zero-order valence-electron chi connectivity index (χ0n) is 16.7. The minimum atomic E-state index is -0.298. The van der Waals surface area contributed by atoms with E-state index < -0.39 is 0 Å². The van der Waals surface area contributed by atoms with Gasteiger partial charge in [0.25, 0.3) is 11.9 Å². The molecule has 0 saturated carbocycles. The Balaban J connectivity index is 1.76. The lowest BCUT2D eigenvalue weighted by Crippen LogP contribution is -2.30. The third-order valence-corrected chi connectivity index (χ3v) is 4.77. The fourth-order valence-corrected chi connectivity index (χ4v) is 3.22. The Labute approximate surface area is 162 Å². The van der Waals surface area contributed by atoms with E-state index in [-0.39, 0.29) is 30.1 Å². The van der Waals surface area contributed by atoms with E-state index in [0.29, 0.717) is 30.1 Å². The van der Waals surface area contributed by atoms with Gasteiger partial charge < -0.3 is 9.84 Å². The summed E-state index contributed by atoms with van der Waals surface area (Å²) in [4.78, 5) is 33.2. The van der Waals surface area contributed by atoms with Gasteiger partial charge in [0.15, 0.2) is 0 Å². The van der Waals surface area contributed by atoms with Gasteiger partial charge in [-0.2, -0.15) is 14.8 Å². The molecule has 1 N–H and O–H groups in total. The third-order valence-electron chi connectivity index (χ3n) is 4.77. The molecule has 9 heteroatoms. The minimum Gasteiger partial charge on any atom is -0.361 e. The maximum atomic E-state index is 12.5. The van der Waals surface area contributed by atoms with Crippen molar-refractivity contribution in [2.45, 2.75) is 53.9 Å². The Morgan fingerprint density at radius 1 is 1.25 bits per heavy atom. The van der Waals surface area contributed by atoms with Crippen LogP contribution < -0.4 is 5.32 Å². The number of carbonyl (C=O) groups is 2. The summed E-state index contributed by atoms with van der Waals surface area (Å²) in [5.74, 6) is 0.593. The van der Waals surface area contributed by atoms with Gasteiger partial charge in [-0.25, -0.2) is 4.99 Å². The normalized spacial score (nSPS) is 16.8. The molecule has 2 amide bonds. The quantitative estimate of drug-likeness (QED) is 0.851. The number of amides is 2. The predicted octanol–water partition coefficient (Wildman–Crippen LogP) is 2.60. The highest BCUT2D eigenvalue weighted by atomic mass is 16.5. The van der Waals surface area contributed by atoms with Crippen LogP contribution in [0.25, 0.3) is 0 Å². The van der Waals surface area contributed by atoms with Crippen molar-refractivity contribution in [3.05, 3.63) is 28.8 Å². The van der Waals surface area contributed by atoms with Crippen molar-refractivity contribution in [2.75, 3.05) is 5.32 Å². The van der Waals surface area contributed by atoms with Crippen LogP contribution >= 0.6 is 0 Å². The van der Waals surface area contributed by atoms with Crippen molar-refractivity contribution in [1.82, 2.24) is 14.9 Å². The van der Waals surface area contributed by atoms with Crippen LogP contribution in [-0.2, 0) is 16.0 Å². The summed E-state index contributed by atoms with van der Waals surface area (Å²) >= 11 is 0. The van der Waals surface area contributed by atoms with Crippen molar-refractivity contribution in [3.63, 3.8) is 0 Å². The van der Waals surface area contributed by atoms with E-state index in [4.69, 9.17) is 4.52 Å². The highest BCUT2D eigenvalue weighted by Crippen LogP contribution is 2.19. The van der Waals surface area contributed by atoms with E-state index in [9.17, 15) is 9.59 Å². The zero-order chi connectivity index (χ0) is 20.4. The lowest BCUT2D eigenvalue weighted by atomic mass is 10.00. The Bertz CT molecular complexity index is 962. The highest BCUT2D eigenvalue weighted by Gasteiger charge is 2.26. The average Bonchev–Trinajstić information content (AvgIpc) is 3.15. The number of nitrogens with zero attached hydrogens (tertiary/aromatic N) is 5. The van der Waals surface area contributed by atoms with E-state index >= 15 is 0 Å². The predicted molar refractivity (Wildman–Crippen MR) is 105 cm³/mol. The number of anilines is 1. The molecule has 28 heavy (non-hydrogen) atoms. The van der Waals surface area contributed by atoms with Crippen LogP contribution in [0.4, 0.5) is 5.82 Å². The lowest BCUT2D eigenvalue weighted by molar-refractivity contribution is -0.120. The summed E-state index contributed by atoms with van der Waals surface area (Å²) in [6.07, 6.45) is 1.43. The highest BCUT2D eigenvalue weighted by molar-refractivity contribution is 6.15. The van der Waals surface area contributed by atoms with Gasteiger partial charge in [-0.05, 0) is 40.5 Å². The van der Waals surface area contributed by atoms with Gasteiger partial charge in [0, 0.05) is 23.8 Å². The molecule has 2 aromatic heterocycles. The van der Waals surface area contributed by atoms with Crippen LogP contribution in [0.3, 0.4) is 0 Å². The van der Waals surface area contributed by atoms with Crippen molar-refractivity contribution in [3.8, 4) is 0 Å². The summed E-state index contributed by atoms with van der Waals surface area (Å²) in [7, 11) is 0. The van der Waals surface area contributed by atoms with Crippen molar-refractivity contribution >= 4 is 29.3 Å². The molecule has 3 rings (SSSR count). The maximum absolute atomic E-state index is 12.5. The smallest absolute Gasteiger partial charge is 0.257 e. The monoisotopic (exact) mass is 384 g/mol. The summed E-state index contributed by atoms with van der Waals surface area (Å²) in [5.41, 5.74) is 3.10. The molecule has 2 aromatic rings. The van der Waals surface area contributed by atoms with E-state index in [1.165, 1.54) is 4.68 Å². The molecule has 0 saturated heterocycles. The van der Waals surface area contributed by atoms with Gasteiger partial charge in [-0.1, -0.05) is 12.1 Å². The first-order chi connectivity index (χ1) is 13.3. The van der Waals surface area contributed by atoms with Gasteiger partial charge in [-0.3, -0.25) is 9.59 Å². The van der Waals surface area contributed by atoms with Crippen LogP contribution in [0.5, 0.6) is 0 Å². The van der Waals surface area contributed by atoms with Crippen LogP contribution in [0.2, 0.25) is 0 Å². The number of hydrogen-bond acceptors (Lipinski definition) is 6. The average molecular weight is 384 g/mol. The molecule has 1 aliphatic heterocycles. The lowest BCUT2D eigenvalue weighted by Gasteiger charge is -2.17.